The summed E-state index contributed by atoms with van der Waals surface area (Å²) in [6.07, 6.45) is 0.889. The number of halogens is 2. The van der Waals surface area contributed by atoms with Crippen LogP contribution in [-0.2, 0) is 22.6 Å². The number of para-hydroxylation sites is 1. The second-order valence-electron chi connectivity index (χ2n) is 15.7. The maximum absolute atomic E-state index is 14.3. The fourth-order valence-corrected chi connectivity index (χ4v) is 9.32. The fourth-order valence-electron chi connectivity index (χ4n) is 7.96. The van der Waals surface area contributed by atoms with E-state index in [1.165, 1.54) is 29.8 Å². The van der Waals surface area contributed by atoms with Crippen LogP contribution >= 0.6 is 22.9 Å². The highest BCUT2D eigenvalue weighted by Gasteiger charge is 2.29. The molecular formula is C49H46ClFN6O8S. The molecule has 3 aliphatic heterocycles. The third-order valence-corrected chi connectivity index (χ3v) is 13.0. The van der Waals surface area contributed by atoms with E-state index in [0.717, 1.165) is 35.6 Å². The van der Waals surface area contributed by atoms with Crippen molar-refractivity contribution in [3.63, 3.8) is 0 Å². The maximum Gasteiger partial charge on any atom is 0.345 e. The number of rotatable bonds is 12. The van der Waals surface area contributed by atoms with Gasteiger partial charge in [-0.15, -0.1) is 11.3 Å². The Labute approximate surface area is 389 Å². The topological polar surface area (TPSA) is 160 Å². The number of methoxy groups -OCH3 is 1. The Balaban J connectivity index is 1.10. The van der Waals surface area contributed by atoms with Crippen LogP contribution in [0.25, 0.3) is 43.2 Å². The smallest absolute Gasteiger partial charge is 0.345 e. The van der Waals surface area contributed by atoms with Crippen LogP contribution in [0.3, 0.4) is 0 Å². The van der Waals surface area contributed by atoms with E-state index in [9.17, 15) is 14.3 Å². The van der Waals surface area contributed by atoms with Gasteiger partial charge in [-0.05, 0) is 78.2 Å². The van der Waals surface area contributed by atoms with Gasteiger partial charge in [0, 0.05) is 61.3 Å². The van der Waals surface area contributed by atoms with Crippen molar-refractivity contribution in [2.75, 3.05) is 59.7 Å². The highest BCUT2D eigenvalue weighted by molar-refractivity contribution is 7.22. The average Bonchev–Trinajstić information content (AvgIpc) is 3.73. The number of aromatic nitrogens is 4. The van der Waals surface area contributed by atoms with Crippen LogP contribution in [0.4, 0.5) is 4.39 Å². The molecule has 340 valence electrons. The van der Waals surface area contributed by atoms with Crippen molar-refractivity contribution in [2.45, 2.75) is 32.2 Å². The summed E-state index contributed by atoms with van der Waals surface area (Å²) in [4.78, 5) is 35.2. The van der Waals surface area contributed by atoms with Gasteiger partial charge in [-0.2, -0.15) is 0 Å². The molecular weight excluding hydrogens is 887 g/mol. The third kappa shape index (κ3) is 10.0. The number of carboxylic acid groups (broad SMARTS) is 1. The number of aliphatic carboxylic acids is 1. The number of nitrogens with zero attached hydrogens (tertiary/aromatic N) is 5. The van der Waals surface area contributed by atoms with Crippen LogP contribution in [0.1, 0.15) is 16.8 Å². The van der Waals surface area contributed by atoms with E-state index in [2.05, 4.69) is 25.2 Å². The van der Waals surface area contributed by atoms with Crippen LogP contribution in [0, 0.1) is 12.7 Å². The molecule has 0 saturated carbocycles. The molecule has 0 aliphatic carbocycles. The number of ether oxygens (including phenoxy) is 6. The quantitative estimate of drug-likeness (QED) is 0.113. The average molecular weight is 933 g/mol. The first-order chi connectivity index (χ1) is 32.2. The minimum Gasteiger partial charge on any atom is -0.496 e. The Hall–Kier alpha value is -6.43. The van der Waals surface area contributed by atoms with Crippen molar-refractivity contribution in [3.05, 3.63) is 125 Å². The molecule has 66 heavy (non-hydrogen) atoms. The van der Waals surface area contributed by atoms with Gasteiger partial charge in [0.1, 0.15) is 59.3 Å². The minimum absolute atomic E-state index is 0.0385. The molecule has 14 nitrogen and oxygen atoms in total. The van der Waals surface area contributed by atoms with Crippen molar-refractivity contribution < 1.29 is 42.7 Å². The summed E-state index contributed by atoms with van der Waals surface area (Å²) in [5, 5.41) is 15.2. The number of fused-ring (bicyclic) bond motifs is 7. The molecule has 3 aliphatic rings. The molecule has 1 fully saturated rings. The number of morpholine rings is 1. The molecule has 0 radical (unpaired) electrons. The molecule has 0 unspecified atom stereocenters. The van der Waals surface area contributed by atoms with E-state index >= 15 is 0 Å². The highest BCUT2D eigenvalue weighted by Crippen LogP contribution is 2.49. The summed E-state index contributed by atoms with van der Waals surface area (Å²) in [6, 6.07) is 24.3. The van der Waals surface area contributed by atoms with E-state index in [4.69, 9.17) is 45.0 Å². The zero-order valence-electron chi connectivity index (χ0n) is 36.2. The predicted octanol–water partition coefficient (Wildman–Crippen LogP) is 8.31. The molecule has 3 aromatic heterocycles. The lowest BCUT2D eigenvalue weighted by Crippen LogP contribution is -2.43. The van der Waals surface area contributed by atoms with Gasteiger partial charge < -0.3 is 38.8 Å². The zero-order chi connectivity index (χ0) is 45.6. The lowest BCUT2D eigenvalue weighted by atomic mass is 9.96. The van der Waals surface area contributed by atoms with Crippen LogP contribution in [0.2, 0.25) is 5.02 Å². The van der Waals surface area contributed by atoms with Gasteiger partial charge in [0.15, 0.2) is 5.82 Å². The lowest BCUT2D eigenvalue weighted by molar-refractivity contribution is -0.145. The number of benzene rings is 4. The Morgan fingerprint density at radius 2 is 1.82 bits per heavy atom. The highest BCUT2D eigenvalue weighted by atomic mass is 35.5. The van der Waals surface area contributed by atoms with Crippen molar-refractivity contribution in [1.29, 1.82) is 0 Å². The first-order valence-electron chi connectivity index (χ1n) is 21.5. The van der Waals surface area contributed by atoms with Crippen LogP contribution in [0.5, 0.6) is 28.9 Å². The number of carbonyl (C=O) groups is 1. The zero-order valence-corrected chi connectivity index (χ0v) is 37.7. The van der Waals surface area contributed by atoms with E-state index < -0.39 is 18.2 Å². The van der Waals surface area contributed by atoms with Crippen molar-refractivity contribution in [2.24, 2.45) is 0 Å². The molecule has 1 saturated heterocycles. The standard InChI is InChI=1S/C49H46ClFN6O8S/c1-29-36-12-14-40(44(29)50)64-35(25-52-17-18-57-19-21-61-22-20-57)27-62-34-11-13-38(63-26-33-15-16-53-46(56-33)37-5-3-4-6-39(37)60-2)31(23-34)24-41(49(58)59)65-47-43-42(36)45(66-48(43)55-28-54-47)30-7-9-32(51)10-8-30/h3-16,23,28,35,41,52H,17-22,24-27H2,1-2H3,(H,58,59)/t35-,41-/m1/s1. The minimum atomic E-state index is -1.45. The summed E-state index contributed by atoms with van der Waals surface area (Å²) < 4.78 is 51.3. The second-order valence-corrected chi connectivity index (χ2v) is 17.1. The molecule has 0 amide bonds. The largest absolute Gasteiger partial charge is 0.496 e. The molecule has 10 rings (SSSR count). The summed E-state index contributed by atoms with van der Waals surface area (Å²) in [6.45, 7) is 7.22. The summed E-state index contributed by atoms with van der Waals surface area (Å²) in [5.41, 5.74) is 4.59. The Kier molecular flexibility index (Phi) is 13.8. The third-order valence-electron chi connectivity index (χ3n) is 11.4. The van der Waals surface area contributed by atoms with Crippen LogP contribution in [-0.4, -0.2) is 108 Å². The molecule has 4 aromatic carbocycles. The number of hydrogen-bond donors (Lipinski definition) is 2. The van der Waals surface area contributed by atoms with Crippen molar-refractivity contribution in [1.82, 2.24) is 30.2 Å². The van der Waals surface area contributed by atoms with Gasteiger partial charge >= 0.3 is 5.97 Å². The first-order valence-corrected chi connectivity index (χ1v) is 22.7. The molecule has 4 bridgehead atoms. The lowest BCUT2D eigenvalue weighted by Gasteiger charge is -2.27. The Morgan fingerprint density at radius 3 is 2.64 bits per heavy atom. The summed E-state index contributed by atoms with van der Waals surface area (Å²) >= 11 is 8.56. The monoisotopic (exact) mass is 932 g/mol. The SMILES string of the molecule is COc1ccccc1-c1nccc(COc2ccc3cc2C[C@H](C(=O)O)Oc2ncnc4sc(-c5ccc(F)cc5)c(c24)-c2ccc(c(Cl)c2C)O[C@H](CNCCN2CCOCC2)CO3)n1. The van der Waals surface area contributed by atoms with Gasteiger partial charge in [0.05, 0.1) is 42.0 Å². The molecule has 2 N–H and O–H groups in total. The summed E-state index contributed by atoms with van der Waals surface area (Å²) in [5.74, 6) is 0.835. The number of hydrogen-bond acceptors (Lipinski definition) is 14. The van der Waals surface area contributed by atoms with Gasteiger partial charge in [0.25, 0.3) is 0 Å². The number of thiophene rings is 1. The van der Waals surface area contributed by atoms with Gasteiger partial charge in [-0.3, -0.25) is 4.90 Å². The first kappa shape index (κ1) is 44.8. The van der Waals surface area contributed by atoms with Crippen molar-refractivity contribution in [3.8, 4) is 61.8 Å². The predicted molar refractivity (Wildman–Crippen MR) is 249 cm³/mol. The number of nitrogens with one attached hydrogen (secondary N) is 1. The van der Waals surface area contributed by atoms with Gasteiger partial charge in [0.2, 0.25) is 12.0 Å². The molecule has 6 heterocycles. The van der Waals surface area contributed by atoms with E-state index in [1.54, 1.807) is 49.7 Å². The van der Waals surface area contributed by atoms with Crippen molar-refractivity contribution >= 4 is 39.1 Å². The maximum atomic E-state index is 14.3. The van der Waals surface area contributed by atoms with Gasteiger partial charge in [-0.1, -0.05) is 41.9 Å². The van der Waals surface area contributed by atoms with E-state index in [0.29, 0.717) is 98.3 Å². The second kappa shape index (κ2) is 20.4. The summed E-state index contributed by atoms with van der Waals surface area (Å²) in [7, 11) is 1.59. The van der Waals surface area contributed by atoms with E-state index in [-0.39, 0.29) is 31.3 Å². The molecule has 0 spiro atoms. The molecule has 17 heteroatoms. The Bertz CT molecular complexity index is 2850. The van der Waals surface area contributed by atoms with Crippen LogP contribution < -0.4 is 29.0 Å². The Morgan fingerprint density at radius 1 is 0.985 bits per heavy atom. The molecule has 2 atom stereocenters. The number of carboxylic acids is 1. The van der Waals surface area contributed by atoms with Crippen LogP contribution in [0.15, 0.2) is 97.5 Å². The molecule has 7 aromatic rings. The fraction of sp³-hybridized carbons (Fsp3) is 0.286. The normalized spacial score (nSPS) is 16.5. The van der Waals surface area contributed by atoms with E-state index in [1.807, 2.05) is 43.3 Å². The van der Waals surface area contributed by atoms with Gasteiger partial charge in [-0.25, -0.2) is 29.1 Å².